The minimum Gasteiger partial charge on any atom is -0.355 e. The molecule has 1 saturated heterocycles. The topological polar surface area (TPSA) is 95.7 Å². The molecule has 0 bridgehead atoms. The number of benzene rings is 1. The summed E-state index contributed by atoms with van der Waals surface area (Å²) in [6, 6.07) is 6.16. The van der Waals surface area contributed by atoms with E-state index in [0.717, 1.165) is 5.56 Å². The van der Waals surface area contributed by atoms with E-state index in [1.54, 1.807) is 12.1 Å². The van der Waals surface area contributed by atoms with Gasteiger partial charge in [0.2, 0.25) is 5.91 Å². The second-order valence-corrected chi connectivity index (χ2v) is 6.99. The minimum atomic E-state index is -3.65. The van der Waals surface area contributed by atoms with Gasteiger partial charge in [0.05, 0.1) is 6.54 Å². The lowest BCUT2D eigenvalue weighted by molar-refractivity contribution is -0.122. The Morgan fingerprint density at radius 2 is 1.78 bits per heavy atom. The van der Waals surface area contributed by atoms with Crippen LogP contribution in [0.15, 0.2) is 24.3 Å². The molecule has 0 radical (unpaired) electrons. The molecule has 1 aromatic carbocycles. The highest BCUT2D eigenvalue weighted by molar-refractivity contribution is 7.86. The molecule has 1 amide bonds. The van der Waals surface area contributed by atoms with Crippen LogP contribution < -0.4 is 10.5 Å². The highest BCUT2D eigenvalue weighted by Gasteiger charge is 2.24. The maximum absolute atomic E-state index is 12.8. The van der Waals surface area contributed by atoms with E-state index in [1.165, 1.54) is 16.4 Å². The van der Waals surface area contributed by atoms with Gasteiger partial charge >= 0.3 is 0 Å². The number of carbonyl (C=O) groups excluding carboxylic acids is 1. The number of nitrogens with zero attached hydrogens (tertiary/aromatic N) is 2. The van der Waals surface area contributed by atoms with Crippen molar-refractivity contribution in [3.05, 3.63) is 35.6 Å². The Labute approximate surface area is 135 Å². The lowest BCUT2D eigenvalue weighted by Gasteiger charge is -2.32. The molecule has 1 heterocycles. The van der Waals surface area contributed by atoms with Crippen molar-refractivity contribution in [2.45, 2.75) is 6.42 Å². The van der Waals surface area contributed by atoms with Gasteiger partial charge in [-0.1, -0.05) is 12.1 Å². The minimum absolute atomic E-state index is 0.115. The van der Waals surface area contributed by atoms with Crippen LogP contribution in [0.1, 0.15) is 5.56 Å². The molecule has 23 heavy (non-hydrogen) atoms. The third kappa shape index (κ3) is 5.87. The van der Waals surface area contributed by atoms with Gasteiger partial charge in [0.1, 0.15) is 5.82 Å². The third-order valence-electron chi connectivity index (χ3n) is 3.71. The largest absolute Gasteiger partial charge is 0.355 e. The Kier molecular flexibility index (Phi) is 6.05. The second-order valence-electron chi connectivity index (χ2n) is 5.45. The molecule has 0 unspecified atom stereocenters. The summed E-state index contributed by atoms with van der Waals surface area (Å²) in [5.74, 6) is -0.396. The molecule has 0 aliphatic carbocycles. The fourth-order valence-corrected chi connectivity index (χ4v) is 3.07. The van der Waals surface area contributed by atoms with Gasteiger partial charge < -0.3 is 5.32 Å². The molecule has 7 nitrogen and oxygen atoms in total. The lowest BCUT2D eigenvalue weighted by Crippen LogP contribution is -2.52. The van der Waals surface area contributed by atoms with Gasteiger partial charge in [-0.2, -0.15) is 12.7 Å². The molecule has 0 saturated carbocycles. The molecule has 1 fully saturated rings. The van der Waals surface area contributed by atoms with Crippen LogP contribution in [-0.4, -0.2) is 62.8 Å². The molecule has 1 aromatic rings. The average Bonchev–Trinajstić information content (AvgIpc) is 2.49. The summed E-state index contributed by atoms with van der Waals surface area (Å²) in [6.07, 6.45) is 0.630. The summed E-state index contributed by atoms with van der Waals surface area (Å²) in [5.41, 5.74) is 0.952. The Hall–Kier alpha value is -1.55. The van der Waals surface area contributed by atoms with Crippen LogP contribution in [0, 0.1) is 5.82 Å². The number of rotatable bonds is 6. The average molecular weight is 344 g/mol. The Morgan fingerprint density at radius 3 is 2.35 bits per heavy atom. The van der Waals surface area contributed by atoms with Crippen LogP contribution in [0.25, 0.3) is 0 Å². The summed E-state index contributed by atoms with van der Waals surface area (Å²) in [6.45, 7) is 2.23. The van der Waals surface area contributed by atoms with E-state index >= 15 is 0 Å². The number of amides is 1. The van der Waals surface area contributed by atoms with Gasteiger partial charge in [-0.3, -0.25) is 9.69 Å². The zero-order valence-corrected chi connectivity index (χ0v) is 13.6. The van der Waals surface area contributed by atoms with Crippen LogP contribution in [0.5, 0.6) is 0 Å². The molecular weight excluding hydrogens is 323 g/mol. The summed E-state index contributed by atoms with van der Waals surface area (Å²) in [5, 5.41) is 7.87. The van der Waals surface area contributed by atoms with Crippen molar-refractivity contribution in [1.82, 2.24) is 14.5 Å². The van der Waals surface area contributed by atoms with E-state index in [1.807, 2.05) is 4.90 Å². The molecule has 0 aromatic heterocycles. The monoisotopic (exact) mass is 344 g/mol. The fraction of sp³-hybridized carbons (Fsp3) is 0.500. The Bertz CT molecular complexity index is 628. The van der Waals surface area contributed by atoms with Crippen molar-refractivity contribution in [3.63, 3.8) is 0 Å². The van der Waals surface area contributed by atoms with Crippen LogP contribution in [-0.2, 0) is 21.4 Å². The predicted molar refractivity (Wildman–Crippen MR) is 84.2 cm³/mol. The summed E-state index contributed by atoms with van der Waals surface area (Å²) in [7, 11) is -3.65. The van der Waals surface area contributed by atoms with E-state index in [2.05, 4.69) is 5.32 Å². The molecule has 1 aliphatic rings. The quantitative estimate of drug-likeness (QED) is 0.714. The number of hydrogen-bond donors (Lipinski definition) is 2. The molecule has 0 atom stereocenters. The van der Waals surface area contributed by atoms with Gasteiger partial charge in [0.25, 0.3) is 10.2 Å². The third-order valence-corrected chi connectivity index (χ3v) is 4.79. The normalized spacial score (nSPS) is 17.1. The van der Waals surface area contributed by atoms with Crippen molar-refractivity contribution >= 4 is 16.1 Å². The van der Waals surface area contributed by atoms with Crippen LogP contribution in [0.2, 0.25) is 0 Å². The van der Waals surface area contributed by atoms with Crippen molar-refractivity contribution in [3.8, 4) is 0 Å². The van der Waals surface area contributed by atoms with Crippen LogP contribution in [0.3, 0.4) is 0 Å². The maximum Gasteiger partial charge on any atom is 0.276 e. The van der Waals surface area contributed by atoms with Crippen molar-refractivity contribution in [2.24, 2.45) is 5.14 Å². The van der Waals surface area contributed by atoms with Crippen molar-refractivity contribution < 1.29 is 17.6 Å². The molecular formula is C14H21FN4O3S. The predicted octanol–water partition coefficient (Wildman–Crippen LogP) is -0.694. The first-order chi connectivity index (χ1) is 10.8. The zero-order chi connectivity index (χ0) is 16.9. The van der Waals surface area contributed by atoms with Gasteiger partial charge in [-0.05, 0) is 24.1 Å². The van der Waals surface area contributed by atoms with Gasteiger partial charge in [-0.25, -0.2) is 9.53 Å². The number of nitrogens with two attached hydrogens (primary N) is 1. The molecule has 1 aliphatic heterocycles. The second kappa shape index (κ2) is 7.82. The highest BCUT2D eigenvalue weighted by atomic mass is 32.2. The van der Waals surface area contributed by atoms with Crippen molar-refractivity contribution in [2.75, 3.05) is 39.3 Å². The molecule has 3 N–H and O–H groups in total. The van der Waals surface area contributed by atoms with E-state index in [-0.39, 0.29) is 18.3 Å². The summed E-state index contributed by atoms with van der Waals surface area (Å²) >= 11 is 0. The first-order valence-electron chi connectivity index (χ1n) is 7.36. The lowest BCUT2D eigenvalue weighted by atomic mass is 10.1. The zero-order valence-electron chi connectivity index (χ0n) is 12.7. The van der Waals surface area contributed by atoms with Crippen molar-refractivity contribution in [1.29, 1.82) is 0 Å². The first kappa shape index (κ1) is 17.8. The van der Waals surface area contributed by atoms with Crippen LogP contribution >= 0.6 is 0 Å². The molecule has 9 heteroatoms. The summed E-state index contributed by atoms with van der Waals surface area (Å²) < 4.78 is 36.4. The number of piperazine rings is 1. The first-order valence-corrected chi connectivity index (χ1v) is 8.86. The van der Waals surface area contributed by atoms with Crippen LogP contribution in [0.4, 0.5) is 4.39 Å². The van der Waals surface area contributed by atoms with E-state index in [9.17, 15) is 17.6 Å². The number of carbonyl (C=O) groups is 1. The number of halogens is 1. The van der Waals surface area contributed by atoms with Gasteiger partial charge in [-0.15, -0.1) is 0 Å². The fourth-order valence-electron chi connectivity index (χ4n) is 2.40. The smallest absolute Gasteiger partial charge is 0.276 e. The number of nitrogens with one attached hydrogen (secondary N) is 1. The molecule has 0 spiro atoms. The number of hydrogen-bond acceptors (Lipinski definition) is 4. The van der Waals surface area contributed by atoms with Gasteiger partial charge in [0.15, 0.2) is 0 Å². The SMILES string of the molecule is NS(=O)(=O)N1CCN(CC(=O)NCCc2ccc(F)cc2)CC1. The van der Waals surface area contributed by atoms with Gasteiger partial charge in [0, 0.05) is 32.7 Å². The van der Waals surface area contributed by atoms with E-state index < -0.39 is 10.2 Å². The Morgan fingerprint density at radius 1 is 1.17 bits per heavy atom. The van der Waals surface area contributed by atoms with E-state index in [0.29, 0.717) is 39.1 Å². The maximum atomic E-state index is 12.8. The standard InChI is InChI=1S/C14H21FN4O3S/c15-13-3-1-12(2-4-13)5-6-17-14(20)11-18-7-9-19(10-8-18)23(16,21)22/h1-4H,5-11H2,(H,17,20)(H2,16,21,22). The summed E-state index contributed by atoms with van der Waals surface area (Å²) in [4.78, 5) is 13.7. The van der Waals surface area contributed by atoms with E-state index in [4.69, 9.17) is 5.14 Å². The molecule has 128 valence electrons. The molecule has 2 rings (SSSR count). The Balaban J connectivity index is 1.66. The highest BCUT2D eigenvalue weighted by Crippen LogP contribution is 2.04.